The van der Waals surface area contributed by atoms with E-state index < -0.39 is 6.10 Å². The first-order chi connectivity index (χ1) is 6.54. The van der Waals surface area contributed by atoms with Gasteiger partial charge in [0.2, 0.25) is 5.91 Å². The van der Waals surface area contributed by atoms with Crippen LogP contribution in [0.25, 0.3) is 0 Å². The van der Waals surface area contributed by atoms with E-state index in [1.54, 1.807) is 6.92 Å². The van der Waals surface area contributed by atoms with Gasteiger partial charge in [-0.25, -0.2) is 0 Å². The molecule has 0 spiro atoms. The van der Waals surface area contributed by atoms with Crippen molar-refractivity contribution in [2.45, 2.75) is 32.4 Å². The van der Waals surface area contributed by atoms with Gasteiger partial charge in [0.25, 0.3) is 0 Å². The van der Waals surface area contributed by atoms with E-state index in [2.05, 4.69) is 17.6 Å². The third-order valence-corrected chi connectivity index (χ3v) is 2.14. The maximum absolute atomic E-state index is 11.1. The van der Waals surface area contributed by atoms with E-state index in [9.17, 15) is 9.59 Å². The Morgan fingerprint density at radius 3 is 2.79 bits per heavy atom. The first-order valence-electron chi connectivity index (χ1n) is 4.37. The molecule has 2 unspecified atom stereocenters. The van der Waals surface area contributed by atoms with Gasteiger partial charge in [-0.2, -0.15) is 0 Å². The summed E-state index contributed by atoms with van der Waals surface area (Å²) in [6.07, 6.45) is -0.210. The Bertz CT molecular complexity index is 315. The maximum Gasteiger partial charge on any atom is 0.303 e. The first kappa shape index (κ1) is 10.5. The molecule has 76 valence electrons. The molecular formula is C10H13NO3. The molecule has 1 fully saturated rings. The minimum absolute atomic E-state index is 0.115. The van der Waals surface area contributed by atoms with Crippen LogP contribution in [0.5, 0.6) is 0 Å². The molecule has 4 nitrogen and oxygen atoms in total. The molecule has 0 saturated carbocycles. The molecule has 14 heavy (non-hydrogen) atoms. The van der Waals surface area contributed by atoms with Gasteiger partial charge in [0, 0.05) is 6.92 Å². The molecule has 0 bridgehead atoms. The highest BCUT2D eigenvalue weighted by atomic mass is 16.5. The van der Waals surface area contributed by atoms with Crippen LogP contribution in [0, 0.1) is 0 Å². The lowest BCUT2D eigenvalue weighted by atomic mass is 10.1. The largest absolute Gasteiger partial charge is 0.459 e. The molecule has 4 heteroatoms. The Labute approximate surface area is 82.6 Å². The first-order valence-corrected chi connectivity index (χ1v) is 4.37. The number of rotatable bonds is 2. The van der Waals surface area contributed by atoms with E-state index >= 15 is 0 Å². The normalized spacial score (nSPS) is 25.1. The Hall–Kier alpha value is -1.54. The van der Waals surface area contributed by atoms with Gasteiger partial charge in [-0.15, -0.1) is 5.73 Å². The Morgan fingerprint density at radius 2 is 2.29 bits per heavy atom. The maximum atomic E-state index is 11.1. The highest BCUT2D eigenvalue weighted by molar-refractivity contribution is 5.81. The average molecular weight is 195 g/mol. The number of hydrogen-bond acceptors (Lipinski definition) is 3. The molecule has 0 aliphatic carbocycles. The predicted molar refractivity (Wildman–Crippen MR) is 50.4 cm³/mol. The van der Waals surface area contributed by atoms with Gasteiger partial charge in [0.15, 0.2) is 0 Å². The number of carbonyl (C=O) groups excluding carboxylic acids is 2. The van der Waals surface area contributed by atoms with Crippen LogP contribution in [-0.2, 0) is 14.3 Å². The van der Waals surface area contributed by atoms with Crippen molar-refractivity contribution in [2.24, 2.45) is 0 Å². The minimum atomic E-state index is -0.422. The summed E-state index contributed by atoms with van der Waals surface area (Å²) < 4.78 is 5.01. The quantitative estimate of drug-likeness (QED) is 0.516. The van der Waals surface area contributed by atoms with Gasteiger partial charge in [-0.05, 0) is 12.5 Å². The SMILES string of the molecule is C=C=C(C)C1NC(=O)CC1OC(C)=O. The lowest BCUT2D eigenvalue weighted by molar-refractivity contribution is -0.146. The topological polar surface area (TPSA) is 55.4 Å². The summed E-state index contributed by atoms with van der Waals surface area (Å²) in [6.45, 7) is 6.61. The molecule has 0 radical (unpaired) electrons. The second-order valence-electron chi connectivity index (χ2n) is 3.26. The van der Waals surface area contributed by atoms with E-state index in [-0.39, 0.29) is 24.3 Å². The second kappa shape index (κ2) is 4.11. The molecule has 1 rings (SSSR count). The molecule has 1 N–H and O–H groups in total. The Kier molecular flexibility index (Phi) is 3.10. The van der Waals surface area contributed by atoms with Crippen LogP contribution in [0.1, 0.15) is 20.3 Å². The summed E-state index contributed by atoms with van der Waals surface area (Å²) in [4.78, 5) is 21.9. The molecule has 1 aliphatic heterocycles. The summed E-state index contributed by atoms with van der Waals surface area (Å²) in [6, 6.07) is -0.274. The van der Waals surface area contributed by atoms with E-state index in [0.717, 1.165) is 5.57 Å². The van der Waals surface area contributed by atoms with Crippen molar-refractivity contribution in [3.8, 4) is 0 Å². The third-order valence-electron chi connectivity index (χ3n) is 2.14. The number of hydrogen-bond donors (Lipinski definition) is 1. The van der Waals surface area contributed by atoms with Crippen molar-refractivity contribution >= 4 is 11.9 Å². The van der Waals surface area contributed by atoms with Crippen LogP contribution in [0.2, 0.25) is 0 Å². The monoisotopic (exact) mass is 195 g/mol. The number of carbonyl (C=O) groups is 2. The Morgan fingerprint density at radius 1 is 1.64 bits per heavy atom. The smallest absolute Gasteiger partial charge is 0.303 e. The zero-order valence-electron chi connectivity index (χ0n) is 8.29. The number of ether oxygens (including phenoxy) is 1. The van der Waals surface area contributed by atoms with Crippen LogP contribution in [0.15, 0.2) is 17.9 Å². The van der Waals surface area contributed by atoms with Crippen LogP contribution >= 0.6 is 0 Å². The lowest BCUT2D eigenvalue weighted by Gasteiger charge is -2.17. The summed E-state index contributed by atoms with van der Waals surface area (Å²) >= 11 is 0. The van der Waals surface area contributed by atoms with Gasteiger partial charge < -0.3 is 10.1 Å². The minimum Gasteiger partial charge on any atom is -0.459 e. The molecule has 0 aromatic rings. The average Bonchev–Trinajstić information content (AvgIpc) is 2.44. The number of esters is 1. The van der Waals surface area contributed by atoms with Crippen molar-refractivity contribution in [3.63, 3.8) is 0 Å². The molecule has 1 saturated heterocycles. The van der Waals surface area contributed by atoms with E-state index in [1.807, 2.05) is 0 Å². The van der Waals surface area contributed by atoms with Crippen LogP contribution in [0.4, 0.5) is 0 Å². The molecule has 1 amide bonds. The zero-order valence-corrected chi connectivity index (χ0v) is 8.29. The van der Waals surface area contributed by atoms with Crippen LogP contribution < -0.4 is 5.32 Å². The number of nitrogens with one attached hydrogen (secondary N) is 1. The van der Waals surface area contributed by atoms with Crippen molar-refractivity contribution in [1.29, 1.82) is 0 Å². The van der Waals surface area contributed by atoms with Gasteiger partial charge in [-0.3, -0.25) is 9.59 Å². The predicted octanol–water partition coefficient (Wildman–Crippen LogP) is 0.538. The van der Waals surface area contributed by atoms with Crippen LogP contribution in [0.3, 0.4) is 0 Å². The highest BCUT2D eigenvalue weighted by Gasteiger charge is 2.35. The van der Waals surface area contributed by atoms with E-state index in [4.69, 9.17) is 4.74 Å². The molecule has 2 atom stereocenters. The molecule has 1 aliphatic rings. The van der Waals surface area contributed by atoms with Gasteiger partial charge in [-0.1, -0.05) is 6.58 Å². The van der Waals surface area contributed by atoms with Crippen molar-refractivity contribution in [3.05, 3.63) is 17.9 Å². The highest BCUT2D eigenvalue weighted by Crippen LogP contribution is 2.18. The molecule has 1 heterocycles. The fourth-order valence-electron chi connectivity index (χ4n) is 1.45. The van der Waals surface area contributed by atoms with Gasteiger partial charge in [0.1, 0.15) is 6.10 Å². The molecular weight excluding hydrogens is 182 g/mol. The summed E-state index contributed by atoms with van der Waals surface area (Å²) in [5, 5.41) is 2.70. The second-order valence-corrected chi connectivity index (χ2v) is 3.26. The van der Waals surface area contributed by atoms with Crippen molar-refractivity contribution in [1.82, 2.24) is 5.32 Å². The third kappa shape index (κ3) is 2.24. The standard InChI is InChI=1S/C10H13NO3/c1-4-6(2)10-8(14-7(3)12)5-9(13)11-10/h8,10H,1,5H2,2-3H3,(H,11,13). The van der Waals surface area contributed by atoms with Crippen molar-refractivity contribution in [2.75, 3.05) is 0 Å². The lowest BCUT2D eigenvalue weighted by Crippen LogP contribution is -2.34. The zero-order chi connectivity index (χ0) is 10.7. The van der Waals surface area contributed by atoms with E-state index in [0.29, 0.717) is 0 Å². The van der Waals surface area contributed by atoms with Gasteiger partial charge >= 0.3 is 5.97 Å². The molecule has 0 aromatic heterocycles. The Balaban J connectivity index is 2.77. The fourth-order valence-corrected chi connectivity index (χ4v) is 1.45. The summed E-state index contributed by atoms with van der Waals surface area (Å²) in [5.74, 6) is -0.496. The summed E-state index contributed by atoms with van der Waals surface area (Å²) in [7, 11) is 0. The number of amides is 1. The fraction of sp³-hybridized carbons (Fsp3) is 0.500. The van der Waals surface area contributed by atoms with Gasteiger partial charge in [0.05, 0.1) is 12.5 Å². The summed E-state index contributed by atoms with van der Waals surface area (Å²) in [5.41, 5.74) is 3.47. The molecule has 0 aromatic carbocycles. The van der Waals surface area contributed by atoms with Crippen LogP contribution in [-0.4, -0.2) is 24.0 Å². The van der Waals surface area contributed by atoms with Crippen molar-refractivity contribution < 1.29 is 14.3 Å². The van der Waals surface area contributed by atoms with E-state index in [1.165, 1.54) is 6.92 Å².